The van der Waals surface area contributed by atoms with Crippen LogP contribution < -0.4 is 5.32 Å². The summed E-state index contributed by atoms with van der Waals surface area (Å²) in [6.45, 7) is 1.18. The maximum atomic E-state index is 11.8. The quantitative estimate of drug-likeness (QED) is 0.199. The van der Waals surface area contributed by atoms with Crippen LogP contribution >= 0.6 is 18.2 Å². The summed E-state index contributed by atoms with van der Waals surface area (Å²) in [6.07, 6.45) is 1.87. The van der Waals surface area contributed by atoms with E-state index in [1.807, 2.05) is 0 Å². The fourth-order valence-electron chi connectivity index (χ4n) is 1.62. The minimum absolute atomic E-state index is 0.0236. The Morgan fingerprint density at radius 3 is 2.82 bits per heavy atom. The van der Waals surface area contributed by atoms with Gasteiger partial charge in [-0.3, -0.25) is 14.7 Å². The van der Waals surface area contributed by atoms with Gasteiger partial charge in [-0.15, -0.1) is 0 Å². The summed E-state index contributed by atoms with van der Waals surface area (Å²) in [5.41, 5.74) is -0.657. The number of carbonyl (C=O) groups is 1. The molecule has 0 amide bonds. The van der Waals surface area contributed by atoms with E-state index in [4.69, 9.17) is 19.4 Å². The summed E-state index contributed by atoms with van der Waals surface area (Å²) >= 11 is 0.556. The molecule has 0 aliphatic carbocycles. The van der Waals surface area contributed by atoms with Crippen molar-refractivity contribution in [2.24, 2.45) is 5.41 Å². The van der Waals surface area contributed by atoms with Gasteiger partial charge in [0.1, 0.15) is 12.2 Å². The van der Waals surface area contributed by atoms with Crippen molar-refractivity contribution in [2.45, 2.75) is 45.9 Å². The van der Waals surface area contributed by atoms with Crippen LogP contribution in [0.2, 0.25) is 0 Å². The summed E-state index contributed by atoms with van der Waals surface area (Å²) in [6, 6.07) is 0. The molecular formula is C12H23N2O6PS. The molecule has 0 aromatic carbocycles. The lowest BCUT2D eigenvalue weighted by molar-refractivity contribution is -0.150. The predicted octanol–water partition coefficient (Wildman–Crippen LogP) is 2.09. The van der Waals surface area contributed by atoms with Crippen molar-refractivity contribution in [3.05, 3.63) is 0 Å². The molecule has 0 aromatic rings. The Kier molecular flexibility index (Phi) is 7.34. The third-order valence-electron chi connectivity index (χ3n) is 2.82. The molecule has 1 aliphatic heterocycles. The first-order valence-electron chi connectivity index (χ1n) is 6.83. The molecule has 10 heteroatoms. The molecule has 3 atom stereocenters. The molecule has 1 rings (SSSR count). The van der Waals surface area contributed by atoms with Crippen LogP contribution in [0.25, 0.3) is 0 Å². The van der Waals surface area contributed by atoms with Crippen LogP contribution in [0.15, 0.2) is 0 Å². The topological polar surface area (TPSA) is 118 Å². The molecule has 22 heavy (non-hydrogen) atoms. The second-order valence-electron chi connectivity index (χ2n) is 5.83. The SMILES string of the molecule is CC(C)(C)C(=O)OCSP(=O)(O)OC[C@@H]1CC[C@H](NC=N)O1. The van der Waals surface area contributed by atoms with E-state index >= 15 is 0 Å². The van der Waals surface area contributed by atoms with Gasteiger partial charge in [0.15, 0.2) is 0 Å². The van der Waals surface area contributed by atoms with Crippen molar-refractivity contribution in [3.8, 4) is 0 Å². The molecule has 0 radical (unpaired) electrons. The second-order valence-corrected chi connectivity index (χ2v) is 9.68. The molecule has 0 bridgehead atoms. The first-order valence-corrected chi connectivity index (χ1v) is 10.0. The maximum Gasteiger partial charge on any atom is 0.389 e. The van der Waals surface area contributed by atoms with Crippen LogP contribution in [0, 0.1) is 10.8 Å². The number of ether oxygens (including phenoxy) is 2. The van der Waals surface area contributed by atoms with E-state index in [2.05, 4.69) is 5.32 Å². The highest BCUT2D eigenvalue weighted by molar-refractivity contribution is 8.54. The van der Waals surface area contributed by atoms with E-state index in [0.29, 0.717) is 24.2 Å². The molecule has 1 fully saturated rings. The van der Waals surface area contributed by atoms with E-state index < -0.39 is 18.2 Å². The molecule has 0 spiro atoms. The van der Waals surface area contributed by atoms with Crippen molar-refractivity contribution >= 4 is 30.5 Å². The van der Waals surface area contributed by atoms with E-state index in [1.54, 1.807) is 20.8 Å². The molecule has 1 saturated heterocycles. The Labute approximate surface area is 134 Å². The Balaban J connectivity index is 2.25. The lowest BCUT2D eigenvalue weighted by Gasteiger charge is -2.18. The highest BCUT2D eigenvalue weighted by Crippen LogP contribution is 2.55. The van der Waals surface area contributed by atoms with Crippen LogP contribution in [0.1, 0.15) is 33.6 Å². The highest BCUT2D eigenvalue weighted by Gasteiger charge is 2.30. The van der Waals surface area contributed by atoms with Gasteiger partial charge in [-0.05, 0) is 33.6 Å². The zero-order valence-electron chi connectivity index (χ0n) is 12.9. The first kappa shape index (κ1) is 19.4. The Hall–Kier alpha value is -0.600. The molecule has 1 aliphatic rings. The van der Waals surface area contributed by atoms with Crippen molar-refractivity contribution in [3.63, 3.8) is 0 Å². The average molecular weight is 354 g/mol. The molecule has 128 valence electrons. The third-order valence-corrected chi connectivity index (χ3v) is 5.45. The van der Waals surface area contributed by atoms with E-state index in [1.165, 1.54) is 0 Å². The summed E-state index contributed by atoms with van der Waals surface area (Å²) < 4.78 is 27.2. The number of rotatable bonds is 8. The molecule has 0 saturated carbocycles. The average Bonchev–Trinajstić information content (AvgIpc) is 2.83. The smallest absolute Gasteiger partial charge is 0.389 e. The normalized spacial score (nSPS) is 24.5. The van der Waals surface area contributed by atoms with Gasteiger partial charge in [0.25, 0.3) is 0 Å². The predicted molar refractivity (Wildman–Crippen MR) is 83.6 cm³/mol. The van der Waals surface area contributed by atoms with Gasteiger partial charge in [-0.2, -0.15) is 0 Å². The second kappa shape index (κ2) is 8.31. The zero-order chi connectivity index (χ0) is 16.8. The largest absolute Gasteiger partial charge is 0.454 e. The number of carbonyl (C=O) groups excluding carboxylic acids is 1. The number of esters is 1. The van der Waals surface area contributed by atoms with E-state index in [0.717, 1.165) is 6.34 Å². The van der Waals surface area contributed by atoms with E-state index in [-0.39, 0.29) is 24.9 Å². The van der Waals surface area contributed by atoms with Gasteiger partial charge in [-0.25, -0.2) is 4.57 Å². The van der Waals surface area contributed by atoms with Gasteiger partial charge in [-0.1, -0.05) is 0 Å². The van der Waals surface area contributed by atoms with Crippen LogP contribution in [0.5, 0.6) is 0 Å². The lowest BCUT2D eigenvalue weighted by atomic mass is 9.98. The summed E-state index contributed by atoms with van der Waals surface area (Å²) in [7, 11) is 0. The minimum atomic E-state index is -3.89. The monoisotopic (exact) mass is 354 g/mol. The molecule has 1 unspecified atom stereocenters. The highest BCUT2D eigenvalue weighted by atomic mass is 32.7. The number of nitrogens with one attached hydrogen (secondary N) is 2. The van der Waals surface area contributed by atoms with Crippen LogP contribution in [0.3, 0.4) is 0 Å². The van der Waals surface area contributed by atoms with Crippen molar-refractivity contribution in [1.82, 2.24) is 5.32 Å². The van der Waals surface area contributed by atoms with Gasteiger partial charge >= 0.3 is 12.8 Å². The molecule has 8 nitrogen and oxygen atoms in total. The van der Waals surface area contributed by atoms with Crippen molar-refractivity contribution < 1.29 is 28.3 Å². The number of hydrogen-bond acceptors (Lipinski definition) is 7. The zero-order valence-corrected chi connectivity index (χ0v) is 14.6. The van der Waals surface area contributed by atoms with Crippen LogP contribution in [0.4, 0.5) is 0 Å². The molecular weight excluding hydrogens is 331 g/mol. The van der Waals surface area contributed by atoms with Crippen molar-refractivity contribution in [1.29, 1.82) is 5.41 Å². The number of hydrogen-bond donors (Lipinski definition) is 3. The van der Waals surface area contributed by atoms with Gasteiger partial charge in [0.05, 0.1) is 24.5 Å². The minimum Gasteiger partial charge on any atom is -0.454 e. The third kappa shape index (κ3) is 7.11. The Bertz CT molecular complexity index is 442. The molecule has 3 N–H and O–H groups in total. The van der Waals surface area contributed by atoms with Gasteiger partial charge < -0.3 is 19.7 Å². The molecule has 0 aromatic heterocycles. The van der Waals surface area contributed by atoms with Gasteiger partial charge in [0, 0.05) is 11.4 Å². The molecule has 1 heterocycles. The first-order chi connectivity index (χ1) is 10.1. The Morgan fingerprint density at radius 1 is 1.55 bits per heavy atom. The maximum absolute atomic E-state index is 11.8. The summed E-state index contributed by atoms with van der Waals surface area (Å²) in [4.78, 5) is 21.2. The standard InChI is InChI=1S/C12H23N2O6PS/c1-12(2,3)11(15)18-8-22-21(16,17)19-6-9-4-5-10(20-9)14-7-13/h7,9-10H,4-6,8H2,1-3H3,(H2,13,14)(H,16,17)/t9-,10+/m0/s1. The summed E-state index contributed by atoms with van der Waals surface area (Å²) in [5, 5.41) is 9.61. The van der Waals surface area contributed by atoms with Crippen molar-refractivity contribution in [2.75, 3.05) is 12.5 Å². The Morgan fingerprint density at radius 2 is 2.23 bits per heavy atom. The van der Waals surface area contributed by atoms with Crippen LogP contribution in [-0.2, 0) is 23.4 Å². The fraction of sp³-hybridized carbons (Fsp3) is 0.833. The van der Waals surface area contributed by atoms with Crippen LogP contribution in [-0.4, -0.2) is 42.1 Å². The fourth-order valence-corrected chi connectivity index (χ4v) is 3.31. The summed E-state index contributed by atoms with van der Waals surface area (Å²) in [5.74, 6) is -0.687. The van der Waals surface area contributed by atoms with Gasteiger partial charge in [0.2, 0.25) is 0 Å². The lowest BCUT2D eigenvalue weighted by Crippen LogP contribution is -2.28. The van der Waals surface area contributed by atoms with E-state index in [9.17, 15) is 14.3 Å².